The summed E-state index contributed by atoms with van der Waals surface area (Å²) < 4.78 is 0. The van der Waals surface area contributed by atoms with Crippen molar-refractivity contribution in [3.63, 3.8) is 0 Å². The molecule has 0 aliphatic carbocycles. The standard InChI is InChI=1S/C12H19BrN8/c13-10(16)9-11(17)19-5-20-12(9)21(18)7-1-2-8(15)6(3-7)4-14/h1-3,10,20H,4-5,14-16,18H2,(H2,17,19). The summed E-state index contributed by atoms with van der Waals surface area (Å²) in [6.07, 6.45) is 0. The van der Waals surface area contributed by atoms with Gasteiger partial charge in [0.25, 0.3) is 0 Å². The van der Waals surface area contributed by atoms with E-state index < -0.39 is 4.95 Å². The number of amidine groups is 1. The number of halogens is 1. The van der Waals surface area contributed by atoms with Gasteiger partial charge in [0.15, 0.2) is 0 Å². The van der Waals surface area contributed by atoms with Gasteiger partial charge < -0.3 is 28.3 Å². The first-order chi connectivity index (χ1) is 9.95. The second-order valence-corrected chi connectivity index (χ2v) is 5.49. The van der Waals surface area contributed by atoms with Crippen LogP contribution in [0.3, 0.4) is 0 Å². The number of nitrogens with one attached hydrogen (secondary N) is 1. The van der Waals surface area contributed by atoms with Crippen LogP contribution in [0.1, 0.15) is 5.56 Å². The van der Waals surface area contributed by atoms with Gasteiger partial charge in [-0.25, -0.2) is 10.8 Å². The third-order valence-electron chi connectivity index (χ3n) is 3.17. The molecule has 1 heterocycles. The number of anilines is 2. The molecule has 0 saturated carbocycles. The molecular formula is C12H19BrN8. The molecule has 1 aromatic carbocycles. The van der Waals surface area contributed by atoms with Crippen molar-refractivity contribution in [2.45, 2.75) is 11.5 Å². The van der Waals surface area contributed by atoms with Crippen LogP contribution in [0.4, 0.5) is 11.4 Å². The highest BCUT2D eigenvalue weighted by atomic mass is 79.9. The van der Waals surface area contributed by atoms with Crippen LogP contribution in [0.5, 0.6) is 0 Å². The molecule has 0 saturated heterocycles. The lowest BCUT2D eigenvalue weighted by Crippen LogP contribution is -2.45. The maximum Gasteiger partial charge on any atom is 0.131 e. The smallest absolute Gasteiger partial charge is 0.131 e. The lowest BCUT2D eigenvalue weighted by atomic mass is 10.1. The lowest BCUT2D eigenvalue weighted by Gasteiger charge is -2.29. The van der Waals surface area contributed by atoms with E-state index in [0.717, 1.165) is 5.56 Å². The second kappa shape index (κ2) is 6.31. The predicted molar refractivity (Wildman–Crippen MR) is 89.0 cm³/mol. The van der Waals surface area contributed by atoms with E-state index in [1.807, 2.05) is 6.07 Å². The Kier molecular flexibility index (Phi) is 4.68. The van der Waals surface area contributed by atoms with Crippen molar-refractivity contribution in [2.75, 3.05) is 17.4 Å². The summed E-state index contributed by atoms with van der Waals surface area (Å²) in [7, 11) is 0. The van der Waals surface area contributed by atoms with E-state index in [1.165, 1.54) is 5.01 Å². The molecule has 2 rings (SSSR count). The Bertz CT molecular complexity index is 595. The van der Waals surface area contributed by atoms with Gasteiger partial charge in [0.2, 0.25) is 0 Å². The topological polar surface area (TPSA) is 158 Å². The van der Waals surface area contributed by atoms with Crippen molar-refractivity contribution < 1.29 is 0 Å². The summed E-state index contributed by atoms with van der Waals surface area (Å²) in [6, 6.07) is 5.37. The Morgan fingerprint density at radius 1 is 1.38 bits per heavy atom. The maximum absolute atomic E-state index is 6.18. The van der Waals surface area contributed by atoms with Crippen molar-refractivity contribution in [3.8, 4) is 0 Å². The SMILES string of the molecule is NCc1cc(N(N)C2=C(C(N)Br)C(N)=NCN2)ccc1N. The maximum atomic E-state index is 6.18. The van der Waals surface area contributed by atoms with Crippen LogP contribution in [0.2, 0.25) is 0 Å². The van der Waals surface area contributed by atoms with Gasteiger partial charge in [0, 0.05) is 12.2 Å². The molecule has 1 aliphatic rings. The van der Waals surface area contributed by atoms with E-state index in [4.69, 9.17) is 28.8 Å². The molecule has 0 aromatic heterocycles. The van der Waals surface area contributed by atoms with Gasteiger partial charge in [-0.3, -0.25) is 5.01 Å². The highest BCUT2D eigenvalue weighted by Crippen LogP contribution is 2.24. The van der Waals surface area contributed by atoms with Crippen molar-refractivity contribution in [1.82, 2.24) is 5.32 Å². The second-order valence-electron chi connectivity index (χ2n) is 4.50. The number of rotatable bonds is 4. The highest BCUT2D eigenvalue weighted by Gasteiger charge is 2.23. The van der Waals surface area contributed by atoms with Crippen molar-refractivity contribution in [2.24, 2.45) is 28.0 Å². The summed E-state index contributed by atoms with van der Waals surface area (Å²) in [6.45, 7) is 0.658. The van der Waals surface area contributed by atoms with Gasteiger partial charge in [-0.05, 0) is 23.8 Å². The van der Waals surface area contributed by atoms with Gasteiger partial charge in [0.05, 0.1) is 16.2 Å². The Hall–Kier alpha value is -1.81. The van der Waals surface area contributed by atoms with Gasteiger partial charge in [-0.1, -0.05) is 15.9 Å². The Labute approximate surface area is 131 Å². The molecule has 0 spiro atoms. The monoisotopic (exact) mass is 354 g/mol. The summed E-state index contributed by atoms with van der Waals surface area (Å²) >= 11 is 3.29. The van der Waals surface area contributed by atoms with Crippen LogP contribution < -0.4 is 39.1 Å². The average Bonchev–Trinajstić information content (AvgIpc) is 2.46. The average molecular weight is 355 g/mol. The van der Waals surface area contributed by atoms with E-state index >= 15 is 0 Å². The summed E-state index contributed by atoms with van der Waals surface area (Å²) in [4.78, 5) is 3.61. The lowest BCUT2D eigenvalue weighted by molar-refractivity contribution is 0.736. The molecule has 1 aliphatic heterocycles. The molecule has 9 heteroatoms. The van der Waals surface area contributed by atoms with Crippen LogP contribution >= 0.6 is 15.9 Å². The minimum absolute atomic E-state index is 0.328. The number of nitrogen functional groups attached to an aromatic ring is 1. The number of hydrogen-bond acceptors (Lipinski definition) is 8. The molecule has 0 bridgehead atoms. The van der Waals surface area contributed by atoms with Crippen molar-refractivity contribution in [3.05, 3.63) is 35.2 Å². The van der Waals surface area contributed by atoms with Gasteiger partial charge in [-0.15, -0.1) is 0 Å². The number of nitrogens with two attached hydrogens (primary N) is 5. The third kappa shape index (κ3) is 3.10. The number of alkyl halides is 1. The molecule has 21 heavy (non-hydrogen) atoms. The van der Waals surface area contributed by atoms with E-state index in [1.54, 1.807) is 12.1 Å². The number of benzene rings is 1. The fourth-order valence-corrected chi connectivity index (χ4v) is 2.49. The summed E-state index contributed by atoms with van der Waals surface area (Å²) in [5, 5.41) is 4.53. The van der Waals surface area contributed by atoms with E-state index in [9.17, 15) is 0 Å². The molecule has 0 fully saturated rings. The number of nitrogens with zero attached hydrogens (tertiary/aromatic N) is 2. The molecule has 0 radical (unpaired) electrons. The number of hydrazine groups is 1. The fraction of sp³-hybridized carbons (Fsp3) is 0.250. The Morgan fingerprint density at radius 3 is 2.71 bits per heavy atom. The summed E-state index contributed by atoms with van der Waals surface area (Å²) in [5.74, 6) is 7.11. The molecule has 0 amide bonds. The molecule has 1 atom stereocenters. The predicted octanol–water partition coefficient (Wildman–Crippen LogP) is -0.783. The van der Waals surface area contributed by atoms with E-state index in [2.05, 4.69) is 26.2 Å². The van der Waals surface area contributed by atoms with E-state index in [0.29, 0.717) is 41.8 Å². The summed E-state index contributed by atoms with van der Waals surface area (Å²) in [5.41, 5.74) is 26.0. The van der Waals surface area contributed by atoms with Crippen LogP contribution in [-0.2, 0) is 6.54 Å². The van der Waals surface area contributed by atoms with Crippen LogP contribution in [-0.4, -0.2) is 17.5 Å². The minimum Gasteiger partial charge on any atom is -0.398 e. The first kappa shape index (κ1) is 15.6. The zero-order valence-electron chi connectivity index (χ0n) is 11.4. The Morgan fingerprint density at radius 2 is 2.10 bits per heavy atom. The fourth-order valence-electron chi connectivity index (χ4n) is 2.04. The number of aliphatic imine (C=N–C) groups is 1. The first-order valence-electron chi connectivity index (χ1n) is 6.27. The van der Waals surface area contributed by atoms with Crippen molar-refractivity contribution in [1.29, 1.82) is 0 Å². The molecule has 1 unspecified atom stereocenters. The largest absolute Gasteiger partial charge is 0.398 e. The first-order valence-corrected chi connectivity index (χ1v) is 7.18. The zero-order valence-corrected chi connectivity index (χ0v) is 13.0. The quantitative estimate of drug-likeness (QED) is 0.136. The van der Waals surface area contributed by atoms with E-state index in [-0.39, 0.29) is 0 Å². The molecule has 1 aromatic rings. The molecule has 11 N–H and O–H groups in total. The molecule has 114 valence electrons. The van der Waals surface area contributed by atoms with Crippen LogP contribution in [0.15, 0.2) is 34.6 Å². The Balaban J connectivity index is 2.44. The number of hydrogen-bond donors (Lipinski definition) is 6. The zero-order chi connectivity index (χ0) is 15.6. The minimum atomic E-state index is -0.488. The van der Waals surface area contributed by atoms with Gasteiger partial charge >= 0.3 is 0 Å². The molecule has 8 nitrogen and oxygen atoms in total. The molecular weight excluding hydrogens is 336 g/mol. The van der Waals surface area contributed by atoms with Gasteiger partial charge in [0.1, 0.15) is 18.3 Å². The highest BCUT2D eigenvalue weighted by molar-refractivity contribution is 9.09. The van der Waals surface area contributed by atoms with Crippen LogP contribution in [0, 0.1) is 0 Å². The van der Waals surface area contributed by atoms with Gasteiger partial charge in [-0.2, -0.15) is 0 Å². The van der Waals surface area contributed by atoms with Crippen LogP contribution in [0.25, 0.3) is 0 Å². The van der Waals surface area contributed by atoms with Crippen molar-refractivity contribution >= 4 is 33.1 Å². The normalized spacial score (nSPS) is 16.3. The third-order valence-corrected chi connectivity index (χ3v) is 3.63.